The summed E-state index contributed by atoms with van der Waals surface area (Å²) in [4.78, 5) is 42.2. The Morgan fingerprint density at radius 1 is 1.19 bits per heavy atom. The number of halogens is 1. The van der Waals surface area contributed by atoms with E-state index in [1.165, 1.54) is 17.7 Å². The maximum absolute atomic E-state index is 12.8. The number of nitrogens with one attached hydrogen (secondary N) is 1. The molecule has 0 aliphatic carbocycles. The van der Waals surface area contributed by atoms with Crippen molar-refractivity contribution in [2.24, 2.45) is 5.92 Å². The first kappa shape index (κ1) is 25.4. The fraction of sp³-hybridized carbons (Fsp3) is 0.864. The van der Waals surface area contributed by atoms with Gasteiger partial charge in [-0.3, -0.25) is 24.7 Å². The predicted octanol–water partition coefficient (Wildman–Crippen LogP) is -2.20. The zero-order valence-corrected chi connectivity index (χ0v) is 21.5. The molecule has 1 N–H and O–H groups in total. The van der Waals surface area contributed by atoms with Gasteiger partial charge in [0.1, 0.15) is 18.3 Å². The van der Waals surface area contributed by atoms with Crippen molar-refractivity contribution in [2.45, 2.75) is 76.3 Å². The third-order valence-corrected chi connectivity index (χ3v) is 8.10. The molecule has 10 heteroatoms. The lowest BCUT2D eigenvalue weighted by molar-refractivity contribution is -0.948. The van der Waals surface area contributed by atoms with Crippen LogP contribution >= 0.6 is 0 Å². The average Bonchev–Trinajstić information content (AvgIpc) is 3.17. The Morgan fingerprint density at radius 2 is 1.81 bits per heavy atom. The molecule has 4 aliphatic rings. The highest BCUT2D eigenvalue weighted by Gasteiger charge is 2.54. The first-order valence-electron chi connectivity index (χ1n) is 11.7. The summed E-state index contributed by atoms with van der Waals surface area (Å²) in [6, 6.07) is 0.407. The minimum Gasteiger partial charge on any atom is -1.00 e. The molecule has 0 aromatic carbocycles. The Bertz CT molecular complexity index is 736. The quantitative estimate of drug-likeness (QED) is 0.319. The number of imide groups is 1. The van der Waals surface area contributed by atoms with Gasteiger partial charge in [-0.2, -0.15) is 0 Å². The second-order valence-corrected chi connectivity index (χ2v) is 10.5. The van der Waals surface area contributed by atoms with Gasteiger partial charge in [-0.05, 0) is 5.92 Å². The summed E-state index contributed by atoms with van der Waals surface area (Å²) < 4.78 is 6.81. The van der Waals surface area contributed by atoms with Gasteiger partial charge < -0.3 is 31.1 Å². The number of likely N-dealkylation sites (N-methyl/N-ethyl adjacent to an activating group) is 3. The van der Waals surface area contributed by atoms with Crippen LogP contribution in [0.3, 0.4) is 0 Å². The van der Waals surface area contributed by atoms with E-state index in [2.05, 4.69) is 17.3 Å². The summed E-state index contributed by atoms with van der Waals surface area (Å²) in [7, 11) is 5.65. The summed E-state index contributed by atoms with van der Waals surface area (Å²) in [6.45, 7) is 6.45. The molecule has 32 heavy (non-hydrogen) atoms. The summed E-state index contributed by atoms with van der Waals surface area (Å²) in [5, 5.41) is 3.34. The Balaban J connectivity index is 0.00000289. The standard InChI is InChI=1S/C22H38N5O4.BrH/c1-14(2)10-18(28)31-17-11-15-6-7-16(12-17)27(15,5)9-8-26-13-23-20-19(26)21(29)25(4)22(30)24(20)3;/h14-17,19-20,23H,6-13H2,1-5H3;1H/q+1;/p-1. The van der Waals surface area contributed by atoms with Crippen LogP contribution in [0.1, 0.15) is 46.0 Å². The van der Waals surface area contributed by atoms with Gasteiger partial charge in [0.05, 0.1) is 32.3 Å². The van der Waals surface area contributed by atoms with Gasteiger partial charge >= 0.3 is 12.0 Å². The van der Waals surface area contributed by atoms with Crippen molar-refractivity contribution in [2.75, 3.05) is 40.9 Å². The van der Waals surface area contributed by atoms with Crippen LogP contribution in [0.15, 0.2) is 0 Å². The second-order valence-electron chi connectivity index (χ2n) is 10.5. The van der Waals surface area contributed by atoms with Gasteiger partial charge in [-0.1, -0.05) is 13.8 Å². The van der Waals surface area contributed by atoms with Gasteiger partial charge in [-0.15, -0.1) is 0 Å². The third kappa shape index (κ3) is 4.43. The topological polar surface area (TPSA) is 82.2 Å². The van der Waals surface area contributed by atoms with Crippen LogP contribution in [0.4, 0.5) is 4.79 Å². The number of nitrogens with zero attached hydrogens (tertiary/aromatic N) is 4. The zero-order chi connectivity index (χ0) is 22.5. The van der Waals surface area contributed by atoms with E-state index in [4.69, 9.17) is 4.74 Å². The van der Waals surface area contributed by atoms with Crippen molar-refractivity contribution in [3.05, 3.63) is 0 Å². The normalized spacial score (nSPS) is 37.0. The Kier molecular flexibility index (Phi) is 7.59. The molecule has 3 amide bonds. The number of amides is 3. The number of urea groups is 1. The van der Waals surface area contributed by atoms with E-state index >= 15 is 0 Å². The maximum Gasteiger partial charge on any atom is 0.327 e. The molecule has 4 fully saturated rings. The number of fused-ring (bicyclic) bond motifs is 3. The van der Waals surface area contributed by atoms with Crippen LogP contribution in [0, 0.1) is 5.92 Å². The molecule has 9 nitrogen and oxygen atoms in total. The number of rotatable bonds is 6. The van der Waals surface area contributed by atoms with Crippen molar-refractivity contribution in [3.8, 4) is 0 Å². The number of ether oxygens (including phenoxy) is 1. The predicted molar refractivity (Wildman–Crippen MR) is 115 cm³/mol. The summed E-state index contributed by atoms with van der Waals surface area (Å²) in [5.41, 5.74) is 0. The molecule has 4 rings (SSSR count). The Hall–Kier alpha value is -1.23. The van der Waals surface area contributed by atoms with E-state index in [0.29, 0.717) is 31.1 Å². The van der Waals surface area contributed by atoms with E-state index in [0.717, 1.165) is 30.4 Å². The largest absolute Gasteiger partial charge is 1.00 e. The van der Waals surface area contributed by atoms with Gasteiger partial charge in [0.15, 0.2) is 0 Å². The minimum atomic E-state index is -0.327. The molecule has 2 bridgehead atoms. The number of piperidine rings is 1. The lowest BCUT2D eigenvalue weighted by Crippen LogP contribution is -3.00. The highest BCUT2D eigenvalue weighted by molar-refractivity contribution is 6.00. The Morgan fingerprint density at radius 3 is 2.41 bits per heavy atom. The minimum absolute atomic E-state index is 0. The molecule has 0 radical (unpaired) electrons. The van der Waals surface area contributed by atoms with E-state index in [9.17, 15) is 14.4 Å². The number of quaternary nitrogens is 1. The van der Waals surface area contributed by atoms with Crippen molar-refractivity contribution >= 4 is 17.9 Å². The molecule has 0 aromatic heterocycles. The molecule has 0 saturated carbocycles. The van der Waals surface area contributed by atoms with Crippen molar-refractivity contribution < 1.29 is 40.6 Å². The highest BCUT2D eigenvalue weighted by Crippen LogP contribution is 2.42. The molecule has 182 valence electrons. The van der Waals surface area contributed by atoms with E-state index in [1.54, 1.807) is 19.0 Å². The summed E-state index contributed by atoms with van der Waals surface area (Å²) in [5.74, 6) is 0.130. The lowest BCUT2D eigenvalue weighted by Gasteiger charge is -2.48. The summed E-state index contributed by atoms with van der Waals surface area (Å²) >= 11 is 0. The average molecular weight is 516 g/mol. The van der Waals surface area contributed by atoms with Crippen LogP contribution in [0.5, 0.6) is 0 Å². The second kappa shape index (κ2) is 9.56. The molecule has 4 saturated heterocycles. The molecule has 0 aromatic rings. The van der Waals surface area contributed by atoms with Crippen LogP contribution in [0.25, 0.3) is 0 Å². The monoisotopic (exact) mass is 515 g/mol. The number of hydrogen-bond acceptors (Lipinski definition) is 6. The van der Waals surface area contributed by atoms with Crippen LogP contribution in [0.2, 0.25) is 0 Å². The molecule has 4 atom stereocenters. The smallest absolute Gasteiger partial charge is 0.327 e. The van der Waals surface area contributed by atoms with Gasteiger partial charge in [0.2, 0.25) is 0 Å². The SMILES string of the molecule is CC(C)CC(=O)OC1CC2CCC(C1)[N+]2(C)CCN1CNC2C1C(=O)N(C)C(=O)N2C.[Br-]. The van der Waals surface area contributed by atoms with Crippen LogP contribution in [-0.4, -0.2) is 108 Å². The first-order chi connectivity index (χ1) is 14.6. The summed E-state index contributed by atoms with van der Waals surface area (Å²) in [6.07, 6.45) is 4.47. The Labute approximate surface area is 201 Å². The van der Waals surface area contributed by atoms with Gasteiger partial charge in [-0.25, -0.2) is 4.79 Å². The molecule has 4 heterocycles. The number of carbonyl (C=O) groups excluding carboxylic acids is 3. The van der Waals surface area contributed by atoms with Crippen molar-refractivity contribution in [1.82, 2.24) is 20.0 Å². The van der Waals surface area contributed by atoms with Crippen LogP contribution < -0.4 is 22.3 Å². The third-order valence-electron chi connectivity index (χ3n) is 8.10. The number of esters is 1. The first-order valence-corrected chi connectivity index (χ1v) is 11.7. The number of carbonyl (C=O) groups is 3. The van der Waals surface area contributed by atoms with Crippen molar-refractivity contribution in [3.63, 3.8) is 0 Å². The molecule has 0 spiro atoms. The fourth-order valence-corrected chi connectivity index (χ4v) is 6.19. The van der Waals surface area contributed by atoms with E-state index < -0.39 is 0 Å². The van der Waals surface area contributed by atoms with Crippen molar-refractivity contribution in [1.29, 1.82) is 0 Å². The van der Waals surface area contributed by atoms with E-state index in [1.807, 2.05) is 13.8 Å². The molecule has 4 unspecified atom stereocenters. The maximum atomic E-state index is 12.8. The highest BCUT2D eigenvalue weighted by atomic mass is 79.9. The fourth-order valence-electron chi connectivity index (χ4n) is 6.19. The zero-order valence-electron chi connectivity index (χ0n) is 19.9. The van der Waals surface area contributed by atoms with Gasteiger partial charge in [0.25, 0.3) is 5.91 Å². The number of hydrogen-bond donors (Lipinski definition) is 1. The van der Waals surface area contributed by atoms with Gasteiger partial charge in [0, 0.05) is 52.7 Å². The molecular weight excluding hydrogens is 478 g/mol. The molecule has 4 aliphatic heterocycles. The lowest BCUT2D eigenvalue weighted by atomic mass is 9.96. The van der Waals surface area contributed by atoms with Crippen LogP contribution in [-0.2, 0) is 14.3 Å². The molecular formula is C22H38BrN5O4. The van der Waals surface area contributed by atoms with E-state index in [-0.39, 0.29) is 53.2 Å².